The predicted molar refractivity (Wildman–Crippen MR) is 71.9 cm³/mol. The summed E-state index contributed by atoms with van der Waals surface area (Å²) >= 11 is 0. The summed E-state index contributed by atoms with van der Waals surface area (Å²) in [5.41, 5.74) is 0.854. The fourth-order valence-corrected chi connectivity index (χ4v) is 1.87. The molecule has 0 aliphatic rings. The number of nitrogens with zero attached hydrogens (tertiary/aromatic N) is 2. The normalized spacial score (nSPS) is 12.2. The number of hydrogen-bond acceptors (Lipinski definition) is 5. The van der Waals surface area contributed by atoms with E-state index in [1.165, 1.54) is 0 Å². The van der Waals surface area contributed by atoms with Crippen LogP contribution >= 0.6 is 0 Å². The van der Waals surface area contributed by atoms with Crippen molar-refractivity contribution in [2.24, 2.45) is 5.92 Å². The smallest absolute Gasteiger partial charge is 0.222 e. The molecule has 1 aromatic heterocycles. The van der Waals surface area contributed by atoms with Crippen LogP contribution in [0.1, 0.15) is 31.9 Å². The third-order valence-corrected chi connectivity index (χ3v) is 2.98. The molecule has 1 heterocycles. The van der Waals surface area contributed by atoms with Crippen molar-refractivity contribution in [2.45, 2.75) is 32.6 Å². The van der Waals surface area contributed by atoms with Gasteiger partial charge in [-0.2, -0.15) is 0 Å². The number of methoxy groups -OCH3 is 1. The first-order valence-electron chi connectivity index (χ1n) is 6.43. The number of hydrogen-bond donors (Lipinski definition) is 2. The Morgan fingerprint density at radius 2 is 2.28 bits per heavy atom. The summed E-state index contributed by atoms with van der Waals surface area (Å²) in [7, 11) is 3.40. The second-order valence-electron chi connectivity index (χ2n) is 4.35. The molecule has 5 nitrogen and oxygen atoms in total. The zero-order chi connectivity index (χ0) is 13.4. The SMILES string of the molecule is CCCC[C@H](CO)Cc1nc(NC)ncc1OC. The van der Waals surface area contributed by atoms with Gasteiger partial charge in [0.1, 0.15) is 0 Å². The van der Waals surface area contributed by atoms with Crippen molar-refractivity contribution < 1.29 is 9.84 Å². The maximum atomic E-state index is 9.40. The molecular formula is C13H23N3O2. The summed E-state index contributed by atoms with van der Waals surface area (Å²) in [6, 6.07) is 0. The summed E-state index contributed by atoms with van der Waals surface area (Å²) in [6.45, 7) is 2.33. The molecule has 0 aliphatic heterocycles. The van der Waals surface area contributed by atoms with Crippen molar-refractivity contribution >= 4 is 5.95 Å². The molecule has 0 spiro atoms. The van der Waals surface area contributed by atoms with Crippen LogP contribution in [0.3, 0.4) is 0 Å². The van der Waals surface area contributed by atoms with Gasteiger partial charge in [0, 0.05) is 13.7 Å². The lowest BCUT2D eigenvalue weighted by molar-refractivity contribution is 0.213. The molecule has 0 aliphatic carbocycles. The number of ether oxygens (including phenoxy) is 1. The van der Waals surface area contributed by atoms with E-state index in [9.17, 15) is 5.11 Å². The van der Waals surface area contributed by atoms with Crippen LogP contribution in [0.2, 0.25) is 0 Å². The van der Waals surface area contributed by atoms with Gasteiger partial charge in [-0.25, -0.2) is 9.97 Å². The molecule has 1 aromatic rings. The van der Waals surface area contributed by atoms with Crippen LogP contribution in [0.5, 0.6) is 5.75 Å². The minimum atomic E-state index is 0.183. The highest BCUT2D eigenvalue weighted by molar-refractivity contribution is 5.33. The third-order valence-electron chi connectivity index (χ3n) is 2.98. The number of rotatable bonds is 8. The molecule has 0 radical (unpaired) electrons. The number of aliphatic hydroxyl groups is 1. The maximum absolute atomic E-state index is 9.40. The fourth-order valence-electron chi connectivity index (χ4n) is 1.87. The van der Waals surface area contributed by atoms with Gasteiger partial charge in [-0.1, -0.05) is 19.8 Å². The molecule has 102 valence electrons. The molecule has 0 saturated heterocycles. The summed E-state index contributed by atoms with van der Waals surface area (Å²) in [4.78, 5) is 8.51. The highest BCUT2D eigenvalue weighted by Gasteiger charge is 2.14. The minimum Gasteiger partial charge on any atom is -0.493 e. The first kappa shape index (κ1) is 14.7. The van der Waals surface area contributed by atoms with Crippen LogP contribution in [-0.4, -0.2) is 35.8 Å². The van der Waals surface area contributed by atoms with E-state index >= 15 is 0 Å². The first-order valence-corrected chi connectivity index (χ1v) is 6.43. The Morgan fingerprint density at radius 3 is 2.83 bits per heavy atom. The Morgan fingerprint density at radius 1 is 1.50 bits per heavy atom. The Kier molecular flexibility index (Phi) is 6.43. The van der Waals surface area contributed by atoms with Gasteiger partial charge in [0.2, 0.25) is 5.95 Å². The molecule has 18 heavy (non-hydrogen) atoms. The molecule has 5 heteroatoms. The standard InChI is InChI=1S/C13H23N3O2/c1-4-5-6-10(9-17)7-11-12(18-3)8-15-13(14-2)16-11/h8,10,17H,4-7,9H2,1-3H3,(H,14,15,16)/t10-/m0/s1. The van der Waals surface area contributed by atoms with Gasteiger partial charge in [-0.15, -0.1) is 0 Å². The van der Waals surface area contributed by atoms with E-state index in [2.05, 4.69) is 22.2 Å². The quantitative estimate of drug-likeness (QED) is 0.740. The van der Waals surface area contributed by atoms with Crippen molar-refractivity contribution in [3.63, 3.8) is 0 Å². The van der Waals surface area contributed by atoms with Gasteiger partial charge in [0.25, 0.3) is 0 Å². The Balaban J connectivity index is 2.78. The highest BCUT2D eigenvalue weighted by atomic mass is 16.5. The van der Waals surface area contributed by atoms with Crippen LogP contribution in [0, 0.1) is 5.92 Å². The average molecular weight is 253 g/mol. The van der Waals surface area contributed by atoms with Crippen LogP contribution in [0.4, 0.5) is 5.95 Å². The minimum absolute atomic E-state index is 0.183. The van der Waals surface area contributed by atoms with Crippen LogP contribution < -0.4 is 10.1 Å². The predicted octanol–water partition coefficient (Wildman–Crippen LogP) is 1.87. The Hall–Kier alpha value is -1.36. The molecule has 0 aromatic carbocycles. The summed E-state index contributed by atoms with van der Waals surface area (Å²) < 4.78 is 5.26. The van der Waals surface area contributed by atoms with Gasteiger partial charge >= 0.3 is 0 Å². The molecule has 0 amide bonds. The average Bonchev–Trinajstić information content (AvgIpc) is 2.43. The van der Waals surface area contributed by atoms with Crippen molar-refractivity contribution in [1.82, 2.24) is 9.97 Å². The summed E-state index contributed by atoms with van der Waals surface area (Å²) in [5, 5.41) is 12.3. The molecular weight excluding hydrogens is 230 g/mol. The largest absolute Gasteiger partial charge is 0.493 e. The van der Waals surface area contributed by atoms with Crippen LogP contribution in [0.25, 0.3) is 0 Å². The molecule has 1 rings (SSSR count). The molecule has 0 saturated carbocycles. The van der Waals surface area contributed by atoms with Crippen molar-refractivity contribution in [3.8, 4) is 5.75 Å². The molecule has 1 atom stereocenters. The molecule has 0 unspecified atom stereocenters. The zero-order valence-corrected chi connectivity index (χ0v) is 11.4. The van der Waals surface area contributed by atoms with E-state index in [1.54, 1.807) is 20.4 Å². The van der Waals surface area contributed by atoms with Crippen molar-refractivity contribution in [3.05, 3.63) is 11.9 Å². The number of nitrogens with one attached hydrogen (secondary N) is 1. The number of aromatic nitrogens is 2. The van der Waals surface area contributed by atoms with Crippen molar-refractivity contribution in [2.75, 3.05) is 26.1 Å². The molecule has 2 N–H and O–H groups in total. The molecule has 0 bridgehead atoms. The van der Waals surface area contributed by atoms with Crippen LogP contribution in [0.15, 0.2) is 6.20 Å². The van der Waals surface area contributed by atoms with E-state index in [0.717, 1.165) is 31.4 Å². The monoisotopic (exact) mass is 253 g/mol. The van der Waals surface area contributed by atoms with E-state index in [4.69, 9.17) is 4.74 Å². The second kappa shape index (κ2) is 7.87. The second-order valence-corrected chi connectivity index (χ2v) is 4.35. The fraction of sp³-hybridized carbons (Fsp3) is 0.692. The highest BCUT2D eigenvalue weighted by Crippen LogP contribution is 2.22. The van der Waals surface area contributed by atoms with E-state index in [-0.39, 0.29) is 12.5 Å². The van der Waals surface area contributed by atoms with Gasteiger partial charge < -0.3 is 15.2 Å². The number of aliphatic hydroxyl groups excluding tert-OH is 1. The van der Waals surface area contributed by atoms with E-state index in [1.807, 2.05) is 0 Å². The van der Waals surface area contributed by atoms with Gasteiger partial charge in [0.05, 0.1) is 19.0 Å². The summed E-state index contributed by atoms with van der Waals surface area (Å²) in [5.74, 6) is 1.50. The third kappa shape index (κ3) is 4.14. The van der Waals surface area contributed by atoms with Gasteiger partial charge in [0.15, 0.2) is 5.75 Å². The summed E-state index contributed by atoms with van der Waals surface area (Å²) in [6.07, 6.45) is 5.66. The lowest BCUT2D eigenvalue weighted by Crippen LogP contribution is -2.12. The number of anilines is 1. The van der Waals surface area contributed by atoms with Crippen molar-refractivity contribution in [1.29, 1.82) is 0 Å². The lowest BCUT2D eigenvalue weighted by atomic mass is 9.97. The first-order chi connectivity index (χ1) is 8.74. The van der Waals surface area contributed by atoms with E-state index < -0.39 is 0 Å². The molecule has 0 fully saturated rings. The van der Waals surface area contributed by atoms with E-state index in [0.29, 0.717) is 11.7 Å². The maximum Gasteiger partial charge on any atom is 0.222 e. The topological polar surface area (TPSA) is 67.3 Å². The van der Waals surface area contributed by atoms with Crippen LogP contribution in [-0.2, 0) is 6.42 Å². The lowest BCUT2D eigenvalue weighted by Gasteiger charge is -2.15. The Labute approximate surface area is 109 Å². The Bertz CT molecular complexity index is 358. The number of unbranched alkanes of at least 4 members (excludes halogenated alkanes) is 1. The van der Waals surface area contributed by atoms with Gasteiger partial charge in [-0.05, 0) is 18.8 Å². The zero-order valence-electron chi connectivity index (χ0n) is 11.4. The van der Waals surface area contributed by atoms with Gasteiger partial charge in [-0.3, -0.25) is 0 Å².